The average molecular weight is 349 g/mol. The molecule has 0 aliphatic rings. The van der Waals surface area contributed by atoms with Gasteiger partial charge in [0.1, 0.15) is 11.9 Å². The molecule has 0 aliphatic carbocycles. The van der Waals surface area contributed by atoms with Gasteiger partial charge in [0.2, 0.25) is 0 Å². The van der Waals surface area contributed by atoms with Crippen LogP contribution in [-0.4, -0.2) is 33.2 Å². The van der Waals surface area contributed by atoms with Gasteiger partial charge in [-0.05, 0) is 37.1 Å². The molecule has 0 unspecified atom stereocenters. The number of halogens is 1. The van der Waals surface area contributed by atoms with E-state index in [0.717, 1.165) is 0 Å². The molecular formula is C18H24FN3O3. The number of carboxylic acids is 1. The Labute approximate surface area is 146 Å². The van der Waals surface area contributed by atoms with E-state index in [9.17, 15) is 14.3 Å². The third kappa shape index (κ3) is 5.79. The lowest BCUT2D eigenvalue weighted by Gasteiger charge is -2.21. The van der Waals surface area contributed by atoms with Crippen molar-refractivity contribution in [2.24, 2.45) is 5.73 Å². The maximum atomic E-state index is 13.1. The van der Waals surface area contributed by atoms with Crippen LogP contribution in [-0.2, 0) is 4.79 Å². The second kappa shape index (κ2) is 9.68. The Morgan fingerprint density at radius 1 is 1.12 bits per heavy atom. The Morgan fingerprint density at radius 3 is 2.08 bits per heavy atom. The van der Waals surface area contributed by atoms with Crippen molar-refractivity contribution in [3.05, 3.63) is 53.6 Å². The van der Waals surface area contributed by atoms with E-state index in [0.29, 0.717) is 11.1 Å². The highest BCUT2D eigenvalue weighted by atomic mass is 19.1. The fraction of sp³-hybridized carbons (Fsp3) is 0.389. The van der Waals surface area contributed by atoms with Crippen LogP contribution >= 0.6 is 0 Å². The van der Waals surface area contributed by atoms with Crippen LogP contribution in [0.1, 0.15) is 44.7 Å². The first kappa shape index (κ1) is 20.5. The number of rotatable bonds is 6. The lowest BCUT2D eigenvalue weighted by Crippen LogP contribution is -2.37. The number of hydrogen-bond donors (Lipinski definition) is 2. The number of nitrogens with zero attached hydrogens (tertiary/aromatic N) is 2. The van der Waals surface area contributed by atoms with Crippen LogP contribution in [0.5, 0.6) is 6.01 Å². The van der Waals surface area contributed by atoms with Crippen molar-refractivity contribution in [1.29, 1.82) is 0 Å². The molecule has 0 radical (unpaired) electrons. The highest BCUT2D eigenvalue weighted by Crippen LogP contribution is 2.27. The summed E-state index contributed by atoms with van der Waals surface area (Å²) in [6.45, 7) is 7.69. The zero-order valence-electron chi connectivity index (χ0n) is 14.8. The number of ether oxygens (including phenoxy) is 1. The Hall–Kier alpha value is -2.54. The number of nitrogens with two attached hydrogens (primary N) is 1. The standard InChI is InChI=1S/C16H18FN3O3.C2H6/c1-9(2)23-16-19-7-11(8-20-16)13(14(18)15(21)22)10-3-5-12(17)6-4-10;1-2/h3-9,13-14H,18H2,1-2H3,(H,21,22);1-2H3/t13-,14-;/m0./s1. The molecule has 1 aromatic heterocycles. The molecule has 1 heterocycles. The first-order valence-corrected chi connectivity index (χ1v) is 8.11. The third-order valence-electron chi connectivity index (χ3n) is 3.22. The lowest BCUT2D eigenvalue weighted by atomic mass is 9.87. The van der Waals surface area contributed by atoms with Crippen molar-refractivity contribution in [1.82, 2.24) is 9.97 Å². The molecule has 2 aromatic rings. The summed E-state index contributed by atoms with van der Waals surface area (Å²) >= 11 is 0. The smallest absolute Gasteiger partial charge is 0.321 e. The normalized spacial score (nSPS) is 12.8. The summed E-state index contributed by atoms with van der Waals surface area (Å²) in [5, 5.41) is 9.24. The van der Waals surface area contributed by atoms with Gasteiger partial charge in [0.25, 0.3) is 0 Å². The molecule has 2 atom stereocenters. The van der Waals surface area contributed by atoms with E-state index in [1.165, 1.54) is 36.7 Å². The van der Waals surface area contributed by atoms with Gasteiger partial charge >= 0.3 is 12.0 Å². The van der Waals surface area contributed by atoms with E-state index in [-0.39, 0.29) is 12.1 Å². The first-order valence-electron chi connectivity index (χ1n) is 8.11. The van der Waals surface area contributed by atoms with E-state index in [1.54, 1.807) is 0 Å². The summed E-state index contributed by atoms with van der Waals surface area (Å²) in [7, 11) is 0. The van der Waals surface area contributed by atoms with Gasteiger partial charge < -0.3 is 15.6 Å². The Bertz CT molecular complexity index is 660. The van der Waals surface area contributed by atoms with Crippen molar-refractivity contribution < 1.29 is 19.0 Å². The number of carboxylic acid groups (broad SMARTS) is 1. The zero-order valence-corrected chi connectivity index (χ0v) is 14.8. The summed E-state index contributed by atoms with van der Waals surface area (Å²) in [6.07, 6.45) is 2.87. The minimum absolute atomic E-state index is 0.0741. The predicted octanol–water partition coefficient (Wildman–Crippen LogP) is 2.97. The summed E-state index contributed by atoms with van der Waals surface area (Å²) in [5.41, 5.74) is 6.89. The monoisotopic (exact) mass is 349 g/mol. The van der Waals surface area contributed by atoms with Gasteiger partial charge in [-0.25, -0.2) is 14.4 Å². The molecule has 136 valence electrons. The molecule has 25 heavy (non-hydrogen) atoms. The third-order valence-corrected chi connectivity index (χ3v) is 3.22. The lowest BCUT2D eigenvalue weighted by molar-refractivity contribution is -0.138. The molecular weight excluding hydrogens is 325 g/mol. The van der Waals surface area contributed by atoms with Crippen LogP contribution < -0.4 is 10.5 Å². The Morgan fingerprint density at radius 2 is 1.64 bits per heavy atom. The Balaban J connectivity index is 0.00000151. The number of benzene rings is 1. The molecule has 2 rings (SSSR count). The molecule has 0 aliphatic heterocycles. The summed E-state index contributed by atoms with van der Waals surface area (Å²) in [4.78, 5) is 19.4. The molecule has 6 nitrogen and oxygen atoms in total. The zero-order chi connectivity index (χ0) is 19.0. The Kier molecular flexibility index (Phi) is 7.94. The fourth-order valence-electron chi connectivity index (χ4n) is 2.18. The second-order valence-corrected chi connectivity index (χ2v) is 5.36. The van der Waals surface area contributed by atoms with Gasteiger partial charge in [-0.3, -0.25) is 4.79 Å². The summed E-state index contributed by atoms with van der Waals surface area (Å²) in [5.74, 6) is -2.27. The topological polar surface area (TPSA) is 98.3 Å². The van der Waals surface area contributed by atoms with Gasteiger partial charge in [0.15, 0.2) is 0 Å². The molecule has 1 aromatic carbocycles. The minimum Gasteiger partial charge on any atom is -0.480 e. The van der Waals surface area contributed by atoms with Crippen LogP contribution in [0.2, 0.25) is 0 Å². The van der Waals surface area contributed by atoms with Crippen LogP contribution in [0.15, 0.2) is 36.7 Å². The maximum absolute atomic E-state index is 13.1. The van der Waals surface area contributed by atoms with Gasteiger partial charge in [0.05, 0.1) is 6.10 Å². The molecule has 0 spiro atoms. The van der Waals surface area contributed by atoms with Gasteiger partial charge in [-0.1, -0.05) is 26.0 Å². The van der Waals surface area contributed by atoms with Crippen LogP contribution in [0.25, 0.3) is 0 Å². The van der Waals surface area contributed by atoms with Crippen LogP contribution in [0.3, 0.4) is 0 Å². The molecule has 3 N–H and O–H groups in total. The second-order valence-electron chi connectivity index (χ2n) is 5.36. The van der Waals surface area contributed by atoms with E-state index in [1.807, 2.05) is 27.7 Å². The molecule has 0 saturated carbocycles. The fourth-order valence-corrected chi connectivity index (χ4v) is 2.18. The van der Waals surface area contributed by atoms with Crippen molar-refractivity contribution >= 4 is 5.97 Å². The summed E-state index contributed by atoms with van der Waals surface area (Å²) in [6, 6.07) is 4.51. The molecule has 0 bridgehead atoms. The number of aromatic nitrogens is 2. The van der Waals surface area contributed by atoms with E-state index in [4.69, 9.17) is 10.5 Å². The largest absolute Gasteiger partial charge is 0.480 e. The van der Waals surface area contributed by atoms with Crippen molar-refractivity contribution in [2.75, 3.05) is 0 Å². The summed E-state index contributed by atoms with van der Waals surface area (Å²) < 4.78 is 18.5. The number of carbonyl (C=O) groups is 1. The van der Waals surface area contributed by atoms with Crippen LogP contribution in [0.4, 0.5) is 4.39 Å². The van der Waals surface area contributed by atoms with Gasteiger partial charge in [-0.15, -0.1) is 0 Å². The van der Waals surface area contributed by atoms with E-state index in [2.05, 4.69) is 9.97 Å². The quantitative estimate of drug-likeness (QED) is 0.832. The molecule has 0 fully saturated rings. The molecule has 0 amide bonds. The van der Waals surface area contributed by atoms with E-state index < -0.39 is 23.7 Å². The van der Waals surface area contributed by atoms with Crippen molar-refractivity contribution in [2.45, 2.75) is 45.8 Å². The van der Waals surface area contributed by atoms with Crippen molar-refractivity contribution in [3.8, 4) is 6.01 Å². The van der Waals surface area contributed by atoms with E-state index >= 15 is 0 Å². The van der Waals surface area contributed by atoms with Crippen LogP contribution in [0, 0.1) is 5.82 Å². The number of hydrogen-bond acceptors (Lipinski definition) is 5. The minimum atomic E-state index is -1.21. The highest BCUT2D eigenvalue weighted by molar-refractivity contribution is 5.75. The van der Waals surface area contributed by atoms with Crippen molar-refractivity contribution in [3.63, 3.8) is 0 Å². The molecule has 7 heteroatoms. The SMILES string of the molecule is CC.CC(C)Oc1ncc([C@H](c2ccc(F)cc2)[C@H](N)C(=O)O)cn1. The van der Waals surface area contributed by atoms with Gasteiger partial charge in [-0.2, -0.15) is 0 Å². The number of aliphatic carboxylic acids is 1. The highest BCUT2D eigenvalue weighted by Gasteiger charge is 2.28. The first-order chi connectivity index (χ1) is 11.9. The maximum Gasteiger partial charge on any atom is 0.321 e. The molecule has 0 saturated heterocycles. The predicted molar refractivity (Wildman–Crippen MR) is 93.0 cm³/mol. The van der Waals surface area contributed by atoms with Gasteiger partial charge in [0, 0.05) is 18.3 Å². The average Bonchev–Trinajstić information content (AvgIpc) is 2.59.